The number of carboxylic acids is 1. The molecule has 1 amide bonds. The molecule has 0 atom stereocenters. The number of aliphatic carboxylic acids is 1. The fourth-order valence-electron chi connectivity index (χ4n) is 2.48. The van der Waals surface area contributed by atoms with Crippen LogP contribution in [-0.4, -0.2) is 37.1 Å². The van der Waals surface area contributed by atoms with E-state index in [0.29, 0.717) is 16.8 Å². The van der Waals surface area contributed by atoms with Crippen molar-refractivity contribution < 1.29 is 28.2 Å². The number of hydrogen-bond donors (Lipinski definition) is 4. The maximum Gasteiger partial charge on any atom is 0.318 e. The standard InChI is InChI=1S/C17H14N2O6S/c20-15-4-2-1-3-10(15)7-13-12-8-11(5-6-14(12)19-17(13)23)26(24,25)18-9-16(21)22/h1-8,18,20H,9H2,(H,19,23)(H,21,22)/b13-7+. The molecule has 1 aliphatic heterocycles. The fraction of sp³-hybridized carbons (Fsp3) is 0.0588. The minimum atomic E-state index is -4.05. The zero-order chi connectivity index (χ0) is 18.9. The molecule has 2 aromatic carbocycles. The zero-order valence-electron chi connectivity index (χ0n) is 13.3. The first-order valence-electron chi connectivity index (χ1n) is 7.45. The van der Waals surface area contributed by atoms with Crippen LogP contribution in [0.3, 0.4) is 0 Å². The summed E-state index contributed by atoms with van der Waals surface area (Å²) in [6.07, 6.45) is 1.46. The van der Waals surface area contributed by atoms with Crippen LogP contribution in [0.15, 0.2) is 47.4 Å². The first-order chi connectivity index (χ1) is 12.3. The van der Waals surface area contributed by atoms with E-state index in [2.05, 4.69) is 5.32 Å². The molecule has 0 bridgehead atoms. The Hall–Kier alpha value is -3.17. The van der Waals surface area contributed by atoms with E-state index in [1.807, 2.05) is 4.72 Å². The lowest BCUT2D eigenvalue weighted by Crippen LogP contribution is -2.29. The number of fused-ring (bicyclic) bond motifs is 1. The maximum absolute atomic E-state index is 12.2. The Kier molecular flexibility index (Phi) is 4.49. The Morgan fingerprint density at radius 3 is 2.62 bits per heavy atom. The summed E-state index contributed by atoms with van der Waals surface area (Å²) >= 11 is 0. The van der Waals surface area contributed by atoms with Gasteiger partial charge in [0.2, 0.25) is 10.0 Å². The number of phenols is 1. The van der Waals surface area contributed by atoms with Gasteiger partial charge in [0, 0.05) is 22.4 Å². The van der Waals surface area contributed by atoms with Crippen LogP contribution in [0.25, 0.3) is 11.6 Å². The van der Waals surface area contributed by atoms with Crippen LogP contribution in [0.2, 0.25) is 0 Å². The first kappa shape index (κ1) is 17.6. The number of carboxylic acid groups (broad SMARTS) is 1. The van der Waals surface area contributed by atoms with Gasteiger partial charge in [-0.3, -0.25) is 9.59 Å². The number of para-hydroxylation sites is 1. The summed E-state index contributed by atoms with van der Waals surface area (Å²) in [6.45, 7) is -0.753. The molecule has 0 fully saturated rings. The van der Waals surface area contributed by atoms with Gasteiger partial charge in [0.15, 0.2) is 0 Å². The lowest BCUT2D eigenvalue weighted by Gasteiger charge is -2.07. The minimum Gasteiger partial charge on any atom is -0.507 e. The van der Waals surface area contributed by atoms with Crippen LogP contribution in [0, 0.1) is 0 Å². The van der Waals surface area contributed by atoms with Gasteiger partial charge in [-0.05, 0) is 30.3 Å². The average Bonchev–Trinajstić information content (AvgIpc) is 2.90. The van der Waals surface area contributed by atoms with Crippen molar-refractivity contribution in [2.45, 2.75) is 4.90 Å². The molecule has 3 rings (SSSR count). The highest BCUT2D eigenvalue weighted by atomic mass is 32.2. The molecule has 0 aliphatic carbocycles. The highest BCUT2D eigenvalue weighted by Gasteiger charge is 2.27. The third kappa shape index (κ3) is 3.44. The van der Waals surface area contributed by atoms with Crippen molar-refractivity contribution in [3.63, 3.8) is 0 Å². The summed E-state index contributed by atoms with van der Waals surface area (Å²) in [4.78, 5) is 22.6. The van der Waals surface area contributed by atoms with Gasteiger partial charge in [-0.1, -0.05) is 18.2 Å². The minimum absolute atomic E-state index is 0.0202. The Morgan fingerprint density at radius 1 is 1.19 bits per heavy atom. The molecule has 0 aromatic heterocycles. The predicted molar refractivity (Wildman–Crippen MR) is 93.9 cm³/mol. The van der Waals surface area contributed by atoms with E-state index < -0.39 is 28.4 Å². The lowest BCUT2D eigenvalue weighted by atomic mass is 10.0. The third-order valence-corrected chi connectivity index (χ3v) is 5.13. The molecule has 26 heavy (non-hydrogen) atoms. The van der Waals surface area contributed by atoms with Gasteiger partial charge in [0.05, 0.1) is 4.90 Å². The van der Waals surface area contributed by atoms with E-state index in [0.717, 1.165) is 0 Å². The van der Waals surface area contributed by atoms with E-state index in [4.69, 9.17) is 5.11 Å². The number of benzene rings is 2. The average molecular weight is 374 g/mol. The van der Waals surface area contributed by atoms with Gasteiger partial charge in [-0.15, -0.1) is 0 Å². The van der Waals surface area contributed by atoms with Crippen molar-refractivity contribution in [1.29, 1.82) is 0 Å². The molecule has 1 heterocycles. The Morgan fingerprint density at radius 2 is 1.92 bits per heavy atom. The van der Waals surface area contributed by atoms with E-state index in [1.165, 1.54) is 30.3 Å². The maximum atomic E-state index is 12.2. The van der Waals surface area contributed by atoms with Crippen LogP contribution >= 0.6 is 0 Å². The number of carbonyl (C=O) groups excluding carboxylic acids is 1. The largest absolute Gasteiger partial charge is 0.507 e. The molecule has 8 nitrogen and oxygen atoms in total. The summed E-state index contributed by atoms with van der Waals surface area (Å²) in [5.41, 5.74) is 1.37. The van der Waals surface area contributed by atoms with Crippen LogP contribution in [0.1, 0.15) is 11.1 Å². The molecule has 0 unspecified atom stereocenters. The molecule has 1 aliphatic rings. The SMILES string of the molecule is O=C(O)CNS(=O)(=O)c1ccc2c(c1)/C(=C\c1ccccc1O)C(=O)N2. The second kappa shape index (κ2) is 6.62. The summed E-state index contributed by atoms with van der Waals surface area (Å²) in [6, 6.07) is 10.4. The van der Waals surface area contributed by atoms with Crippen LogP contribution in [-0.2, 0) is 19.6 Å². The zero-order valence-corrected chi connectivity index (χ0v) is 14.1. The normalized spacial score (nSPS) is 14.9. The van der Waals surface area contributed by atoms with E-state index in [-0.39, 0.29) is 16.2 Å². The topological polar surface area (TPSA) is 133 Å². The highest BCUT2D eigenvalue weighted by Crippen LogP contribution is 2.35. The first-order valence-corrected chi connectivity index (χ1v) is 8.93. The van der Waals surface area contributed by atoms with Crippen molar-refractivity contribution in [1.82, 2.24) is 4.72 Å². The Bertz CT molecular complexity index is 1040. The lowest BCUT2D eigenvalue weighted by molar-refractivity contribution is -0.135. The van der Waals surface area contributed by atoms with Crippen molar-refractivity contribution >= 4 is 39.2 Å². The molecular weight excluding hydrogens is 360 g/mol. The monoisotopic (exact) mass is 374 g/mol. The molecule has 4 N–H and O–H groups in total. The molecule has 134 valence electrons. The third-order valence-electron chi connectivity index (χ3n) is 3.73. The van der Waals surface area contributed by atoms with Crippen LogP contribution < -0.4 is 10.0 Å². The van der Waals surface area contributed by atoms with E-state index in [1.54, 1.807) is 18.2 Å². The fourth-order valence-corrected chi connectivity index (χ4v) is 3.48. The van der Waals surface area contributed by atoms with Gasteiger partial charge >= 0.3 is 5.97 Å². The molecule has 0 radical (unpaired) electrons. The number of carbonyl (C=O) groups is 2. The molecule has 0 spiro atoms. The van der Waals surface area contributed by atoms with Crippen LogP contribution in [0.5, 0.6) is 5.75 Å². The summed E-state index contributed by atoms with van der Waals surface area (Å²) in [5, 5.41) is 21.1. The summed E-state index contributed by atoms with van der Waals surface area (Å²) < 4.78 is 26.4. The quantitative estimate of drug-likeness (QED) is 0.582. The predicted octanol–water partition coefficient (Wildman–Crippen LogP) is 1.25. The number of sulfonamides is 1. The molecule has 0 saturated carbocycles. The smallest absolute Gasteiger partial charge is 0.318 e. The van der Waals surface area contributed by atoms with Gasteiger partial charge in [-0.25, -0.2) is 8.42 Å². The number of anilines is 1. The number of hydrogen-bond acceptors (Lipinski definition) is 5. The Labute approximate surface area is 148 Å². The van der Waals surface area contributed by atoms with Gasteiger partial charge in [0.1, 0.15) is 12.3 Å². The summed E-state index contributed by atoms with van der Waals surface area (Å²) in [7, 11) is -4.05. The van der Waals surface area contributed by atoms with Gasteiger partial charge in [-0.2, -0.15) is 4.72 Å². The molecule has 9 heteroatoms. The molecule has 2 aromatic rings. The van der Waals surface area contributed by atoms with Crippen molar-refractivity contribution in [3.05, 3.63) is 53.6 Å². The highest BCUT2D eigenvalue weighted by molar-refractivity contribution is 7.89. The number of phenolic OH excluding ortho intramolecular Hbond substituents is 1. The van der Waals surface area contributed by atoms with Crippen molar-refractivity contribution in [2.75, 3.05) is 11.9 Å². The summed E-state index contributed by atoms with van der Waals surface area (Å²) in [5.74, 6) is -1.77. The van der Waals surface area contributed by atoms with Gasteiger partial charge in [0.25, 0.3) is 5.91 Å². The Balaban J connectivity index is 2.04. The van der Waals surface area contributed by atoms with Gasteiger partial charge < -0.3 is 15.5 Å². The second-order valence-electron chi connectivity index (χ2n) is 5.50. The van der Waals surface area contributed by atoms with E-state index in [9.17, 15) is 23.1 Å². The molecular formula is C17H14N2O6S. The number of nitrogens with one attached hydrogen (secondary N) is 2. The van der Waals surface area contributed by atoms with E-state index >= 15 is 0 Å². The second-order valence-corrected chi connectivity index (χ2v) is 7.26. The number of aromatic hydroxyl groups is 1. The molecule has 0 saturated heterocycles. The van der Waals surface area contributed by atoms with Crippen LogP contribution in [0.4, 0.5) is 5.69 Å². The number of amides is 1. The van der Waals surface area contributed by atoms with Crippen molar-refractivity contribution in [2.24, 2.45) is 0 Å². The van der Waals surface area contributed by atoms with Crippen molar-refractivity contribution in [3.8, 4) is 5.75 Å². The number of rotatable bonds is 5.